The summed E-state index contributed by atoms with van der Waals surface area (Å²) in [5.41, 5.74) is 1.04. The van der Waals surface area contributed by atoms with Gasteiger partial charge in [-0.05, 0) is 22.0 Å². The number of hydrogen-bond acceptors (Lipinski definition) is 2. The van der Waals surface area contributed by atoms with Crippen molar-refractivity contribution in [2.75, 3.05) is 0 Å². The Kier molecular flexibility index (Phi) is 1.20. The number of rotatable bonds is 0. The molecule has 2 heterocycles. The largest absolute Gasteiger partial charge is 0.244 e. The first-order valence-corrected chi connectivity index (χ1v) is 3.60. The molecule has 3 nitrogen and oxygen atoms in total. The van der Waals surface area contributed by atoms with Crippen LogP contribution in [-0.4, -0.2) is 14.6 Å². The Hall–Kier alpha value is -0.900. The van der Waals surface area contributed by atoms with E-state index in [0.717, 1.165) is 9.99 Å². The molecule has 2 rings (SSSR count). The van der Waals surface area contributed by atoms with Crippen molar-refractivity contribution in [3.63, 3.8) is 0 Å². The highest BCUT2D eigenvalue weighted by atomic mass is 79.9. The second-order valence-corrected chi connectivity index (χ2v) is 2.76. The minimum absolute atomic E-state index is 0.965. The first-order chi connectivity index (χ1) is 4.88. The van der Waals surface area contributed by atoms with Crippen LogP contribution >= 0.6 is 15.9 Å². The Labute approximate surface area is 65.8 Å². The van der Waals surface area contributed by atoms with Crippen LogP contribution in [0.15, 0.2) is 29.3 Å². The van der Waals surface area contributed by atoms with Crippen molar-refractivity contribution in [1.82, 2.24) is 14.6 Å². The standard InChI is InChI=1S/C6H4BrN3/c7-5-3-8-4-10-6(5)1-2-9-10/h1-4H. The number of halogens is 1. The van der Waals surface area contributed by atoms with Crippen LogP contribution < -0.4 is 0 Å². The van der Waals surface area contributed by atoms with Crippen molar-refractivity contribution in [3.8, 4) is 0 Å². The maximum absolute atomic E-state index is 4.00. The summed E-state index contributed by atoms with van der Waals surface area (Å²) >= 11 is 3.35. The van der Waals surface area contributed by atoms with Gasteiger partial charge in [0.15, 0.2) is 0 Å². The monoisotopic (exact) mass is 197 g/mol. The van der Waals surface area contributed by atoms with E-state index >= 15 is 0 Å². The van der Waals surface area contributed by atoms with E-state index in [1.807, 2.05) is 6.07 Å². The quantitative estimate of drug-likeness (QED) is 0.641. The molecule has 0 saturated heterocycles. The lowest BCUT2D eigenvalue weighted by atomic mass is 10.5. The van der Waals surface area contributed by atoms with Gasteiger partial charge in [-0.1, -0.05) is 0 Å². The highest BCUT2D eigenvalue weighted by Gasteiger charge is 1.95. The molecular weight excluding hydrogens is 194 g/mol. The summed E-state index contributed by atoms with van der Waals surface area (Å²) in [6.45, 7) is 0. The number of aromatic nitrogens is 3. The fraction of sp³-hybridized carbons (Fsp3) is 0. The summed E-state index contributed by atoms with van der Waals surface area (Å²) in [7, 11) is 0. The second kappa shape index (κ2) is 2.05. The average molecular weight is 198 g/mol. The number of fused-ring (bicyclic) bond motifs is 1. The van der Waals surface area contributed by atoms with E-state index in [1.165, 1.54) is 0 Å². The molecule has 0 aromatic carbocycles. The molecule has 10 heavy (non-hydrogen) atoms. The maximum atomic E-state index is 4.00. The van der Waals surface area contributed by atoms with Crippen LogP contribution in [0.2, 0.25) is 0 Å². The van der Waals surface area contributed by atoms with Crippen molar-refractivity contribution in [2.24, 2.45) is 0 Å². The van der Waals surface area contributed by atoms with Crippen LogP contribution in [0, 0.1) is 0 Å². The summed E-state index contributed by atoms with van der Waals surface area (Å²) in [6, 6.07) is 1.92. The molecule has 0 N–H and O–H groups in total. The number of hydrogen-bond donors (Lipinski definition) is 0. The molecule has 50 valence electrons. The molecule has 0 amide bonds. The minimum atomic E-state index is 0.965. The molecule has 0 fully saturated rings. The van der Waals surface area contributed by atoms with Crippen molar-refractivity contribution in [1.29, 1.82) is 0 Å². The summed E-state index contributed by atoms with van der Waals surface area (Å²) in [5, 5.41) is 4.00. The van der Waals surface area contributed by atoms with Gasteiger partial charge >= 0.3 is 0 Å². The zero-order valence-electron chi connectivity index (χ0n) is 5.03. The van der Waals surface area contributed by atoms with E-state index in [1.54, 1.807) is 23.2 Å². The smallest absolute Gasteiger partial charge is 0.117 e. The Morgan fingerprint density at radius 1 is 1.50 bits per heavy atom. The van der Waals surface area contributed by atoms with Crippen molar-refractivity contribution < 1.29 is 0 Å². The third-order valence-electron chi connectivity index (χ3n) is 1.28. The topological polar surface area (TPSA) is 30.2 Å². The Morgan fingerprint density at radius 3 is 3.20 bits per heavy atom. The molecule has 4 heteroatoms. The normalized spacial score (nSPS) is 10.5. The molecule has 2 aromatic rings. The zero-order valence-corrected chi connectivity index (χ0v) is 6.62. The Morgan fingerprint density at radius 2 is 2.40 bits per heavy atom. The van der Waals surface area contributed by atoms with Crippen LogP contribution in [0.4, 0.5) is 0 Å². The maximum Gasteiger partial charge on any atom is 0.117 e. The third-order valence-corrected chi connectivity index (χ3v) is 1.89. The van der Waals surface area contributed by atoms with Gasteiger partial charge in [0.25, 0.3) is 0 Å². The van der Waals surface area contributed by atoms with Gasteiger partial charge in [-0.15, -0.1) is 0 Å². The molecule has 2 aromatic heterocycles. The lowest BCUT2D eigenvalue weighted by Crippen LogP contribution is -1.87. The predicted molar refractivity (Wildman–Crippen MR) is 40.7 cm³/mol. The molecule has 0 spiro atoms. The van der Waals surface area contributed by atoms with Crippen molar-refractivity contribution >= 4 is 21.4 Å². The summed E-state index contributed by atoms with van der Waals surface area (Å²) < 4.78 is 2.68. The van der Waals surface area contributed by atoms with Crippen LogP contribution in [0.3, 0.4) is 0 Å². The SMILES string of the molecule is Brc1cncn2nccc12. The molecule has 0 saturated carbocycles. The van der Waals surface area contributed by atoms with Gasteiger partial charge in [0.1, 0.15) is 6.33 Å². The number of nitrogens with zero attached hydrogens (tertiary/aromatic N) is 3. The van der Waals surface area contributed by atoms with Crippen molar-refractivity contribution in [3.05, 3.63) is 29.3 Å². The Balaban J connectivity index is 2.95. The summed E-state index contributed by atoms with van der Waals surface area (Å²) in [4.78, 5) is 3.94. The second-order valence-electron chi connectivity index (χ2n) is 1.90. The van der Waals surface area contributed by atoms with Crippen LogP contribution in [-0.2, 0) is 0 Å². The first kappa shape index (κ1) is 5.85. The van der Waals surface area contributed by atoms with E-state index in [2.05, 4.69) is 26.0 Å². The zero-order chi connectivity index (χ0) is 6.97. The minimum Gasteiger partial charge on any atom is -0.244 e. The molecule has 0 aliphatic carbocycles. The molecule has 0 aliphatic heterocycles. The van der Waals surface area contributed by atoms with Gasteiger partial charge in [0.05, 0.1) is 16.2 Å². The van der Waals surface area contributed by atoms with Gasteiger partial charge in [0, 0.05) is 6.20 Å². The van der Waals surface area contributed by atoms with Crippen LogP contribution in [0.1, 0.15) is 0 Å². The van der Waals surface area contributed by atoms with E-state index in [9.17, 15) is 0 Å². The van der Waals surface area contributed by atoms with Gasteiger partial charge in [-0.3, -0.25) is 0 Å². The fourth-order valence-electron chi connectivity index (χ4n) is 0.823. The molecular formula is C6H4BrN3. The fourth-order valence-corrected chi connectivity index (χ4v) is 1.26. The van der Waals surface area contributed by atoms with Gasteiger partial charge in [-0.2, -0.15) is 5.10 Å². The predicted octanol–water partition coefficient (Wildman–Crippen LogP) is 1.49. The van der Waals surface area contributed by atoms with E-state index in [0.29, 0.717) is 0 Å². The van der Waals surface area contributed by atoms with Crippen LogP contribution in [0.5, 0.6) is 0 Å². The van der Waals surface area contributed by atoms with E-state index < -0.39 is 0 Å². The molecule has 0 atom stereocenters. The molecule has 0 radical (unpaired) electrons. The highest BCUT2D eigenvalue weighted by molar-refractivity contribution is 9.10. The molecule has 0 unspecified atom stereocenters. The van der Waals surface area contributed by atoms with Gasteiger partial charge in [-0.25, -0.2) is 9.50 Å². The molecule has 0 aliphatic rings. The lowest BCUT2D eigenvalue weighted by Gasteiger charge is -1.91. The van der Waals surface area contributed by atoms with E-state index in [4.69, 9.17) is 0 Å². The van der Waals surface area contributed by atoms with E-state index in [-0.39, 0.29) is 0 Å². The summed E-state index contributed by atoms with van der Waals surface area (Å²) in [6.07, 6.45) is 5.15. The van der Waals surface area contributed by atoms with Crippen LogP contribution in [0.25, 0.3) is 5.52 Å². The van der Waals surface area contributed by atoms with Crippen molar-refractivity contribution in [2.45, 2.75) is 0 Å². The first-order valence-electron chi connectivity index (χ1n) is 2.81. The van der Waals surface area contributed by atoms with Gasteiger partial charge in [0.2, 0.25) is 0 Å². The highest BCUT2D eigenvalue weighted by Crippen LogP contribution is 2.14. The summed E-state index contributed by atoms with van der Waals surface area (Å²) in [5.74, 6) is 0. The van der Waals surface area contributed by atoms with Gasteiger partial charge < -0.3 is 0 Å². The Bertz CT molecular complexity index is 355. The average Bonchev–Trinajstić information content (AvgIpc) is 2.36. The third kappa shape index (κ3) is 0.724. The molecule has 0 bridgehead atoms. The lowest BCUT2D eigenvalue weighted by molar-refractivity contribution is 0.918.